The molecule has 1 aromatic heterocycles. The van der Waals surface area contributed by atoms with E-state index in [0.717, 1.165) is 11.8 Å². The van der Waals surface area contributed by atoms with Crippen molar-refractivity contribution in [2.45, 2.75) is 153 Å². The summed E-state index contributed by atoms with van der Waals surface area (Å²) in [5, 5.41) is 4.36. The van der Waals surface area contributed by atoms with Crippen LogP contribution in [-0.4, -0.2) is 4.98 Å². The molecule has 0 amide bonds. The van der Waals surface area contributed by atoms with Gasteiger partial charge >= 0.3 is 0 Å². The molecule has 240 valence electrons. The van der Waals surface area contributed by atoms with Crippen LogP contribution < -0.4 is 5.32 Å². The summed E-state index contributed by atoms with van der Waals surface area (Å²) in [6.07, 6.45) is 23.4. The van der Waals surface area contributed by atoms with Crippen LogP contribution in [0.25, 0.3) is 0 Å². The first kappa shape index (κ1) is 31.0. The number of nitrogens with one attached hydrogen (secondary N) is 1. The second-order valence-electron chi connectivity index (χ2n) is 15.6. The van der Waals surface area contributed by atoms with Crippen molar-refractivity contribution < 1.29 is 0 Å². The summed E-state index contributed by atoms with van der Waals surface area (Å²) >= 11 is 0. The van der Waals surface area contributed by atoms with Crippen molar-refractivity contribution >= 4 is 5.69 Å². The van der Waals surface area contributed by atoms with E-state index >= 15 is 0 Å². The van der Waals surface area contributed by atoms with Gasteiger partial charge in [0.15, 0.2) is 0 Å². The molecule has 0 bridgehead atoms. The minimum absolute atomic E-state index is 0.0429. The summed E-state index contributed by atoms with van der Waals surface area (Å²) in [6, 6.07) is 23.7. The predicted octanol–water partition coefficient (Wildman–Crippen LogP) is 12.6. The zero-order valence-electron chi connectivity index (χ0n) is 28.3. The normalized spacial score (nSPS) is 25.5. The molecule has 7 rings (SSSR count). The molecular formula is C43H58N2. The highest BCUT2D eigenvalue weighted by molar-refractivity contribution is 5.63. The number of rotatable bonds is 8. The first-order valence-corrected chi connectivity index (χ1v) is 19.1. The molecular weight excluding hydrogens is 544 g/mol. The van der Waals surface area contributed by atoms with E-state index in [1.54, 1.807) is 11.1 Å². The van der Waals surface area contributed by atoms with Crippen molar-refractivity contribution in [1.29, 1.82) is 0 Å². The third-order valence-electron chi connectivity index (χ3n) is 12.5. The van der Waals surface area contributed by atoms with Gasteiger partial charge in [0.05, 0.1) is 11.7 Å². The smallest absolute Gasteiger partial charge is 0.0943 e. The molecule has 4 saturated carbocycles. The van der Waals surface area contributed by atoms with E-state index in [1.165, 1.54) is 137 Å². The van der Waals surface area contributed by atoms with Crippen molar-refractivity contribution in [2.75, 3.05) is 5.32 Å². The Morgan fingerprint density at radius 3 is 1.87 bits per heavy atom. The average Bonchev–Trinajstić information content (AvgIpc) is 3.11. The second-order valence-corrected chi connectivity index (χ2v) is 15.6. The van der Waals surface area contributed by atoms with Crippen LogP contribution in [-0.2, 0) is 0 Å². The van der Waals surface area contributed by atoms with Crippen molar-refractivity contribution in [2.24, 2.45) is 11.8 Å². The zero-order chi connectivity index (χ0) is 30.6. The maximum Gasteiger partial charge on any atom is 0.0943 e. The SMILES string of the molecule is CC(C)c1ccccc1C(Nc1c(C2CCCCC2)cccc1C1CCCCC1)c1cccc(C2CCCC3CCCCC32)n1. The monoisotopic (exact) mass is 602 g/mol. The molecule has 4 fully saturated rings. The Balaban J connectivity index is 1.33. The molecule has 0 saturated heterocycles. The van der Waals surface area contributed by atoms with E-state index in [0.29, 0.717) is 23.7 Å². The van der Waals surface area contributed by atoms with Gasteiger partial charge in [-0.25, -0.2) is 0 Å². The van der Waals surface area contributed by atoms with Crippen LogP contribution in [0.1, 0.15) is 186 Å². The van der Waals surface area contributed by atoms with E-state index in [4.69, 9.17) is 4.98 Å². The number of para-hydroxylation sites is 1. The number of nitrogens with zero attached hydrogens (tertiary/aromatic N) is 1. The maximum atomic E-state index is 5.68. The molecule has 3 aromatic rings. The van der Waals surface area contributed by atoms with E-state index < -0.39 is 0 Å². The van der Waals surface area contributed by atoms with Gasteiger partial charge in [0.1, 0.15) is 0 Å². The van der Waals surface area contributed by atoms with Gasteiger partial charge in [0.25, 0.3) is 0 Å². The van der Waals surface area contributed by atoms with Crippen molar-refractivity contribution in [1.82, 2.24) is 4.98 Å². The Bertz CT molecular complexity index is 1360. The minimum Gasteiger partial charge on any atom is -0.372 e. The Morgan fingerprint density at radius 1 is 0.578 bits per heavy atom. The van der Waals surface area contributed by atoms with Gasteiger partial charge in [-0.3, -0.25) is 4.98 Å². The van der Waals surface area contributed by atoms with Gasteiger partial charge in [-0.1, -0.05) is 133 Å². The van der Waals surface area contributed by atoms with Gasteiger partial charge < -0.3 is 5.32 Å². The molecule has 1 heterocycles. The molecule has 4 unspecified atom stereocenters. The van der Waals surface area contributed by atoms with Crippen LogP contribution >= 0.6 is 0 Å². The molecule has 2 heteroatoms. The minimum atomic E-state index is 0.0429. The van der Waals surface area contributed by atoms with E-state index in [-0.39, 0.29) is 6.04 Å². The summed E-state index contributed by atoms with van der Waals surface area (Å²) in [5.41, 5.74) is 10.1. The topological polar surface area (TPSA) is 24.9 Å². The average molecular weight is 603 g/mol. The predicted molar refractivity (Wildman–Crippen MR) is 190 cm³/mol. The lowest BCUT2D eigenvalue weighted by Crippen LogP contribution is -2.30. The molecule has 4 aliphatic rings. The Labute approximate surface area is 274 Å². The standard InChI is InChI=1S/C43H58N2/c1-30(2)34-22-11-12-24-39(34)43(41-29-15-28-40(44-41)38-27-13-21-31-20-9-10-23-35(31)38)45-42-36(32-16-5-3-6-17-32)25-14-26-37(42)33-18-7-4-8-19-33/h11-12,14-15,22,24-26,28-33,35,38,43,45H,3-10,13,16-21,23,27H2,1-2H3. The molecule has 2 nitrogen and oxygen atoms in total. The fourth-order valence-electron chi connectivity index (χ4n) is 10.2. The lowest BCUT2D eigenvalue weighted by Gasteiger charge is -2.41. The van der Waals surface area contributed by atoms with Crippen molar-refractivity contribution in [3.63, 3.8) is 0 Å². The van der Waals surface area contributed by atoms with Gasteiger partial charge in [-0.15, -0.1) is 0 Å². The Hall–Kier alpha value is -2.61. The van der Waals surface area contributed by atoms with Crippen LogP contribution in [0.4, 0.5) is 5.69 Å². The molecule has 0 spiro atoms. The lowest BCUT2D eigenvalue weighted by atomic mass is 9.64. The molecule has 45 heavy (non-hydrogen) atoms. The summed E-state index contributed by atoms with van der Waals surface area (Å²) in [7, 11) is 0. The van der Waals surface area contributed by atoms with Crippen LogP contribution in [0.15, 0.2) is 60.7 Å². The molecule has 1 N–H and O–H groups in total. The fraction of sp³-hybridized carbons (Fsp3) is 0.605. The maximum absolute atomic E-state index is 5.68. The molecule has 4 aliphatic carbocycles. The van der Waals surface area contributed by atoms with Crippen LogP contribution in [0.2, 0.25) is 0 Å². The number of anilines is 1. The van der Waals surface area contributed by atoms with Crippen LogP contribution in [0.3, 0.4) is 0 Å². The lowest BCUT2D eigenvalue weighted by molar-refractivity contribution is 0.142. The number of hydrogen-bond donors (Lipinski definition) is 1. The highest BCUT2D eigenvalue weighted by Crippen LogP contribution is 2.49. The van der Waals surface area contributed by atoms with Gasteiger partial charge in [0.2, 0.25) is 0 Å². The van der Waals surface area contributed by atoms with Gasteiger partial charge in [0, 0.05) is 17.3 Å². The number of fused-ring (bicyclic) bond motifs is 1. The number of pyridine rings is 1. The summed E-state index contributed by atoms with van der Waals surface area (Å²) in [4.78, 5) is 5.68. The molecule has 4 atom stereocenters. The van der Waals surface area contributed by atoms with Crippen LogP contribution in [0, 0.1) is 11.8 Å². The second kappa shape index (κ2) is 14.4. The summed E-state index contributed by atoms with van der Waals surface area (Å²) < 4.78 is 0. The number of hydrogen-bond acceptors (Lipinski definition) is 2. The molecule has 0 radical (unpaired) electrons. The third kappa shape index (κ3) is 6.77. The summed E-state index contributed by atoms with van der Waals surface area (Å²) in [6.45, 7) is 4.71. The fourth-order valence-corrected chi connectivity index (χ4v) is 10.2. The Morgan fingerprint density at radius 2 is 1.18 bits per heavy atom. The van der Waals surface area contributed by atoms with Crippen LogP contribution in [0.5, 0.6) is 0 Å². The molecule has 2 aromatic carbocycles. The highest BCUT2D eigenvalue weighted by Gasteiger charge is 2.37. The van der Waals surface area contributed by atoms with E-state index in [9.17, 15) is 0 Å². The Kier molecular flexibility index (Phi) is 9.95. The highest BCUT2D eigenvalue weighted by atomic mass is 15.0. The number of benzene rings is 2. The third-order valence-corrected chi connectivity index (χ3v) is 12.5. The van der Waals surface area contributed by atoms with E-state index in [2.05, 4.69) is 79.8 Å². The first-order chi connectivity index (χ1) is 22.2. The van der Waals surface area contributed by atoms with Crippen molar-refractivity contribution in [3.05, 3.63) is 94.3 Å². The quantitative estimate of drug-likeness (QED) is 0.277. The van der Waals surface area contributed by atoms with Gasteiger partial charge in [-0.2, -0.15) is 0 Å². The largest absolute Gasteiger partial charge is 0.372 e. The summed E-state index contributed by atoms with van der Waals surface area (Å²) in [5.74, 6) is 4.15. The first-order valence-electron chi connectivity index (χ1n) is 19.1. The van der Waals surface area contributed by atoms with E-state index in [1.807, 2.05) is 0 Å². The zero-order valence-corrected chi connectivity index (χ0v) is 28.3. The van der Waals surface area contributed by atoms with Crippen molar-refractivity contribution in [3.8, 4) is 0 Å². The molecule has 0 aliphatic heterocycles. The van der Waals surface area contributed by atoms with Gasteiger partial charge in [-0.05, 0) is 103 Å². The number of aromatic nitrogens is 1.